The van der Waals surface area contributed by atoms with Crippen LogP contribution in [0.3, 0.4) is 0 Å². The zero-order valence-corrected chi connectivity index (χ0v) is 13.6. The molecule has 0 bridgehead atoms. The molecule has 0 saturated heterocycles. The fourth-order valence-electron chi connectivity index (χ4n) is 2.69. The van der Waals surface area contributed by atoms with E-state index in [1.807, 2.05) is 0 Å². The second-order valence-electron chi connectivity index (χ2n) is 5.66. The van der Waals surface area contributed by atoms with Gasteiger partial charge in [-0.05, 0) is 48.3 Å². The monoisotopic (exact) mass is 345 g/mol. The Morgan fingerprint density at radius 2 is 2.17 bits per heavy atom. The summed E-state index contributed by atoms with van der Waals surface area (Å²) in [5.74, 6) is -0.988. The van der Waals surface area contributed by atoms with Crippen molar-refractivity contribution in [2.45, 2.75) is 12.5 Å². The predicted octanol–water partition coefficient (Wildman–Crippen LogP) is 2.85. The minimum absolute atomic E-state index is 0.0243. The minimum Gasteiger partial charge on any atom is -0.423 e. The van der Waals surface area contributed by atoms with E-state index in [2.05, 4.69) is 11.9 Å². The van der Waals surface area contributed by atoms with Crippen molar-refractivity contribution >= 4 is 35.8 Å². The number of carbonyl (C=O) groups excluding carboxylic acids is 1. The average molecular weight is 346 g/mol. The van der Waals surface area contributed by atoms with E-state index in [4.69, 9.17) is 16.3 Å². The third-order valence-electron chi connectivity index (χ3n) is 4.03. The first-order valence-electron chi connectivity index (χ1n) is 7.24. The van der Waals surface area contributed by atoms with Crippen LogP contribution in [-0.4, -0.2) is 18.0 Å². The predicted molar refractivity (Wildman–Crippen MR) is 92.0 cm³/mol. The van der Waals surface area contributed by atoms with Crippen molar-refractivity contribution in [2.75, 3.05) is 5.32 Å². The lowest BCUT2D eigenvalue weighted by molar-refractivity contribution is 0.102. The molecule has 2 N–H and O–H groups in total. The molecule has 7 heteroatoms. The molecule has 24 heavy (non-hydrogen) atoms. The summed E-state index contributed by atoms with van der Waals surface area (Å²) in [6, 6.07) is 8.63. The van der Waals surface area contributed by atoms with E-state index < -0.39 is 24.4 Å². The molecule has 4 nitrogen and oxygen atoms in total. The fraction of sp³-hybridized carbons (Fsp3) is 0.118. The highest BCUT2D eigenvalue weighted by Gasteiger charge is 2.41. The van der Waals surface area contributed by atoms with Crippen LogP contribution in [0.1, 0.15) is 22.8 Å². The van der Waals surface area contributed by atoms with Crippen LogP contribution >= 0.6 is 11.6 Å². The SMILES string of the molecule is C=CC1(C)OB(O)c2cc(NC(=O)c3ccc(F)cc3Cl)ccc21. The van der Waals surface area contributed by atoms with E-state index in [0.29, 0.717) is 11.2 Å². The summed E-state index contributed by atoms with van der Waals surface area (Å²) in [6.45, 7) is 5.52. The maximum absolute atomic E-state index is 13.1. The average Bonchev–Trinajstić information content (AvgIpc) is 2.79. The van der Waals surface area contributed by atoms with Gasteiger partial charge in [-0.25, -0.2) is 4.39 Å². The number of amides is 1. The van der Waals surface area contributed by atoms with E-state index in [9.17, 15) is 14.2 Å². The molecule has 2 aromatic rings. The summed E-state index contributed by atoms with van der Waals surface area (Å²) in [6.07, 6.45) is 1.61. The number of hydrogen-bond donors (Lipinski definition) is 2. The number of rotatable bonds is 3. The number of halogens is 2. The van der Waals surface area contributed by atoms with Crippen molar-refractivity contribution in [3.05, 3.63) is 71.0 Å². The number of nitrogens with one attached hydrogen (secondary N) is 1. The van der Waals surface area contributed by atoms with Crippen molar-refractivity contribution < 1.29 is 18.9 Å². The lowest BCUT2D eigenvalue weighted by Crippen LogP contribution is -2.29. The highest BCUT2D eigenvalue weighted by molar-refractivity contribution is 6.62. The first kappa shape index (κ1) is 16.7. The lowest BCUT2D eigenvalue weighted by Gasteiger charge is -2.21. The summed E-state index contributed by atoms with van der Waals surface area (Å²) in [5, 5.41) is 12.8. The van der Waals surface area contributed by atoms with E-state index in [1.165, 1.54) is 6.07 Å². The third kappa shape index (κ3) is 2.84. The Hall–Kier alpha value is -2.15. The van der Waals surface area contributed by atoms with Gasteiger partial charge in [0.2, 0.25) is 0 Å². The minimum atomic E-state index is -1.10. The highest BCUT2D eigenvalue weighted by atomic mass is 35.5. The Morgan fingerprint density at radius 1 is 1.42 bits per heavy atom. The Morgan fingerprint density at radius 3 is 2.83 bits per heavy atom. The maximum Gasteiger partial charge on any atom is 0.492 e. The molecule has 0 saturated carbocycles. The van der Waals surface area contributed by atoms with E-state index in [-0.39, 0.29) is 10.6 Å². The van der Waals surface area contributed by atoms with Crippen LogP contribution < -0.4 is 10.8 Å². The molecule has 0 radical (unpaired) electrons. The van der Waals surface area contributed by atoms with E-state index >= 15 is 0 Å². The topological polar surface area (TPSA) is 58.6 Å². The Bertz CT molecular complexity index is 845. The number of benzene rings is 2. The molecular formula is C17H14BClFNO3. The molecule has 0 fully saturated rings. The van der Waals surface area contributed by atoms with Crippen LogP contribution in [0.5, 0.6) is 0 Å². The van der Waals surface area contributed by atoms with Gasteiger partial charge >= 0.3 is 7.12 Å². The normalized spacial score (nSPS) is 19.1. The standard InChI is InChI=1S/C17H14BClFNO3/c1-3-17(2)13-7-5-11(9-14(13)18(23)24-17)21-16(22)12-6-4-10(20)8-15(12)19/h3-9,23H,1H2,2H3,(H,21,22). The van der Waals surface area contributed by atoms with Gasteiger partial charge in [-0.3, -0.25) is 4.79 Å². The van der Waals surface area contributed by atoms with Crippen molar-refractivity contribution in [3.63, 3.8) is 0 Å². The number of anilines is 1. The molecule has 0 spiro atoms. The van der Waals surface area contributed by atoms with Gasteiger partial charge in [-0.1, -0.05) is 30.3 Å². The molecule has 0 aliphatic carbocycles. The highest BCUT2D eigenvalue weighted by Crippen LogP contribution is 2.32. The van der Waals surface area contributed by atoms with E-state index in [1.54, 1.807) is 31.2 Å². The van der Waals surface area contributed by atoms with Crippen LogP contribution in [0, 0.1) is 5.82 Å². The summed E-state index contributed by atoms with van der Waals surface area (Å²) in [7, 11) is -1.10. The summed E-state index contributed by atoms with van der Waals surface area (Å²) in [5.41, 5.74) is 1.18. The zero-order valence-electron chi connectivity index (χ0n) is 12.8. The number of hydrogen-bond acceptors (Lipinski definition) is 3. The second kappa shape index (κ2) is 6.05. The molecule has 1 amide bonds. The first-order valence-corrected chi connectivity index (χ1v) is 7.62. The van der Waals surface area contributed by atoms with Gasteiger partial charge in [-0.2, -0.15) is 0 Å². The van der Waals surface area contributed by atoms with Crippen molar-refractivity contribution in [2.24, 2.45) is 0 Å². The second-order valence-corrected chi connectivity index (χ2v) is 6.07. The molecule has 3 rings (SSSR count). The van der Waals surface area contributed by atoms with Crippen molar-refractivity contribution in [1.82, 2.24) is 0 Å². The molecular weight excluding hydrogens is 331 g/mol. The van der Waals surface area contributed by atoms with Gasteiger partial charge in [0.05, 0.1) is 16.2 Å². The van der Waals surface area contributed by atoms with Crippen LogP contribution in [0.4, 0.5) is 10.1 Å². The summed E-state index contributed by atoms with van der Waals surface area (Å²) in [4.78, 5) is 12.3. The van der Waals surface area contributed by atoms with E-state index in [0.717, 1.165) is 17.7 Å². The maximum atomic E-state index is 13.1. The molecule has 0 aromatic heterocycles. The molecule has 1 heterocycles. The lowest BCUT2D eigenvalue weighted by atomic mass is 9.78. The van der Waals surface area contributed by atoms with Gasteiger partial charge in [0.1, 0.15) is 5.82 Å². The Kier molecular flexibility index (Phi) is 4.21. The molecule has 1 aliphatic heterocycles. The van der Waals surface area contributed by atoms with Crippen molar-refractivity contribution in [1.29, 1.82) is 0 Å². The number of carbonyl (C=O) groups is 1. The Balaban J connectivity index is 1.88. The largest absolute Gasteiger partial charge is 0.492 e. The molecule has 122 valence electrons. The Labute approximate surface area is 144 Å². The molecule has 1 atom stereocenters. The quantitative estimate of drug-likeness (QED) is 0.664. The van der Waals surface area contributed by atoms with Gasteiger partial charge in [0.15, 0.2) is 0 Å². The third-order valence-corrected chi connectivity index (χ3v) is 4.34. The van der Waals surface area contributed by atoms with Gasteiger partial charge in [0, 0.05) is 5.69 Å². The molecule has 1 aliphatic rings. The van der Waals surface area contributed by atoms with Crippen LogP contribution in [-0.2, 0) is 10.3 Å². The summed E-state index contributed by atoms with van der Waals surface area (Å²) >= 11 is 5.89. The zero-order chi connectivity index (χ0) is 17.5. The summed E-state index contributed by atoms with van der Waals surface area (Å²) < 4.78 is 18.6. The number of fused-ring (bicyclic) bond motifs is 1. The van der Waals surface area contributed by atoms with Crippen LogP contribution in [0.15, 0.2) is 49.1 Å². The molecule has 2 aromatic carbocycles. The fourth-order valence-corrected chi connectivity index (χ4v) is 2.94. The van der Waals surface area contributed by atoms with Crippen LogP contribution in [0.25, 0.3) is 0 Å². The van der Waals surface area contributed by atoms with Gasteiger partial charge in [-0.15, -0.1) is 0 Å². The molecule has 1 unspecified atom stereocenters. The van der Waals surface area contributed by atoms with Gasteiger partial charge < -0.3 is 15.0 Å². The van der Waals surface area contributed by atoms with Crippen LogP contribution in [0.2, 0.25) is 5.02 Å². The smallest absolute Gasteiger partial charge is 0.423 e. The van der Waals surface area contributed by atoms with Gasteiger partial charge in [0.25, 0.3) is 5.91 Å². The van der Waals surface area contributed by atoms with Crippen molar-refractivity contribution in [3.8, 4) is 0 Å². The first-order chi connectivity index (χ1) is 11.3.